The van der Waals surface area contributed by atoms with Crippen LogP contribution in [-0.2, 0) is 19.8 Å². The van der Waals surface area contributed by atoms with Gasteiger partial charge in [-0.05, 0) is 19.9 Å². The molecule has 0 aliphatic carbocycles. The zero-order chi connectivity index (χ0) is 18.8. The molecule has 0 aromatic rings. The van der Waals surface area contributed by atoms with Gasteiger partial charge in [0.15, 0.2) is 0 Å². The monoisotopic (exact) mass is 376 g/mol. The van der Waals surface area contributed by atoms with E-state index in [0.29, 0.717) is 45.6 Å². The first-order valence-corrected chi connectivity index (χ1v) is 9.94. The summed E-state index contributed by atoms with van der Waals surface area (Å²) < 4.78 is 28.2. The van der Waals surface area contributed by atoms with E-state index in [4.69, 9.17) is 5.11 Å². The molecule has 0 saturated carbocycles. The van der Waals surface area contributed by atoms with Crippen molar-refractivity contribution in [3.8, 4) is 0 Å². The molecule has 0 bridgehead atoms. The first-order chi connectivity index (χ1) is 11.6. The molecule has 2 saturated heterocycles. The van der Waals surface area contributed by atoms with E-state index < -0.39 is 21.7 Å². The molecule has 1 N–H and O–H groups in total. The minimum atomic E-state index is -3.52. The number of likely N-dealkylation sites (N-methyl/N-ethyl adjacent to an activating group) is 1. The molecule has 9 nitrogen and oxygen atoms in total. The predicted octanol–water partition coefficient (Wildman–Crippen LogP) is -0.734. The van der Waals surface area contributed by atoms with Crippen LogP contribution in [0, 0.1) is 0 Å². The quantitative estimate of drug-likeness (QED) is 0.679. The van der Waals surface area contributed by atoms with Crippen LogP contribution in [0.1, 0.15) is 26.2 Å². The highest BCUT2D eigenvalue weighted by Gasteiger charge is 2.45. The number of amides is 1. The number of likely N-dealkylation sites (tertiary alicyclic amines) is 1. The number of nitrogens with zero attached hydrogens (tertiary/aromatic N) is 4. The smallest absolute Gasteiger partial charge is 0.323 e. The highest BCUT2D eigenvalue weighted by atomic mass is 32.2. The SMILES string of the molecule is CCN(C)S(=O)(=O)N1CCN(C)[C@]2(CCC(=O)N(CC(=O)O)CC2)C1. The van der Waals surface area contributed by atoms with Crippen molar-refractivity contribution >= 4 is 22.1 Å². The molecule has 0 unspecified atom stereocenters. The molecule has 0 aromatic heterocycles. The second-order valence-corrected chi connectivity index (χ2v) is 8.90. The van der Waals surface area contributed by atoms with Gasteiger partial charge in [-0.1, -0.05) is 6.92 Å². The number of piperazine rings is 1. The summed E-state index contributed by atoms with van der Waals surface area (Å²) in [7, 11) is -0.0112. The summed E-state index contributed by atoms with van der Waals surface area (Å²) in [4.78, 5) is 26.7. The molecule has 1 amide bonds. The maximum absolute atomic E-state index is 12.7. The molecule has 0 aromatic carbocycles. The summed E-state index contributed by atoms with van der Waals surface area (Å²) >= 11 is 0. The van der Waals surface area contributed by atoms with Crippen LogP contribution in [0.15, 0.2) is 0 Å². The van der Waals surface area contributed by atoms with Gasteiger partial charge in [-0.2, -0.15) is 17.0 Å². The van der Waals surface area contributed by atoms with E-state index in [2.05, 4.69) is 4.90 Å². The van der Waals surface area contributed by atoms with Crippen molar-refractivity contribution in [3.63, 3.8) is 0 Å². The summed E-state index contributed by atoms with van der Waals surface area (Å²) in [6, 6.07) is 0. The molecule has 1 atom stereocenters. The van der Waals surface area contributed by atoms with Gasteiger partial charge in [0.2, 0.25) is 5.91 Å². The van der Waals surface area contributed by atoms with Crippen LogP contribution < -0.4 is 0 Å². The first-order valence-electron chi connectivity index (χ1n) is 8.54. The van der Waals surface area contributed by atoms with Gasteiger partial charge in [-0.25, -0.2) is 0 Å². The van der Waals surface area contributed by atoms with Crippen molar-refractivity contribution in [2.24, 2.45) is 0 Å². The Hall–Kier alpha value is -1.23. The second-order valence-electron chi connectivity index (χ2n) is 6.86. The van der Waals surface area contributed by atoms with Crippen LogP contribution in [0.5, 0.6) is 0 Å². The van der Waals surface area contributed by atoms with E-state index in [1.54, 1.807) is 14.0 Å². The Morgan fingerprint density at radius 2 is 1.96 bits per heavy atom. The maximum atomic E-state index is 12.7. The zero-order valence-corrected chi connectivity index (χ0v) is 16.0. The van der Waals surface area contributed by atoms with E-state index in [1.807, 2.05) is 7.05 Å². The lowest BCUT2D eigenvalue weighted by atomic mass is 9.87. The van der Waals surface area contributed by atoms with Gasteiger partial charge in [-0.15, -0.1) is 0 Å². The average molecular weight is 376 g/mol. The lowest BCUT2D eigenvalue weighted by Crippen LogP contribution is -2.63. The van der Waals surface area contributed by atoms with Gasteiger partial charge in [0.25, 0.3) is 10.2 Å². The molecule has 144 valence electrons. The molecule has 25 heavy (non-hydrogen) atoms. The topological polar surface area (TPSA) is 101 Å². The van der Waals surface area contributed by atoms with E-state index >= 15 is 0 Å². The summed E-state index contributed by atoms with van der Waals surface area (Å²) in [6.45, 7) is 3.53. The molecule has 2 aliphatic rings. The molecule has 2 heterocycles. The molecular formula is C15H28N4O5S. The van der Waals surface area contributed by atoms with E-state index in [9.17, 15) is 18.0 Å². The molecule has 1 spiro atoms. The van der Waals surface area contributed by atoms with E-state index in [-0.39, 0.29) is 18.9 Å². The van der Waals surface area contributed by atoms with Crippen molar-refractivity contribution in [3.05, 3.63) is 0 Å². The number of carboxylic acids is 1. The van der Waals surface area contributed by atoms with Crippen LogP contribution in [0.25, 0.3) is 0 Å². The summed E-state index contributed by atoms with van der Waals surface area (Å²) in [5.41, 5.74) is -0.442. The standard InChI is InChI=1S/C15H28N4O5S/c1-4-17(3)25(23,24)19-10-9-16(2)15(12-19)6-5-13(20)18(8-7-15)11-14(21)22/h4-12H2,1-3H3,(H,21,22)/t15-/m0/s1. The normalized spacial score (nSPS) is 27.0. The fourth-order valence-electron chi connectivity index (χ4n) is 3.54. The van der Waals surface area contributed by atoms with Gasteiger partial charge >= 0.3 is 5.97 Å². The van der Waals surface area contributed by atoms with Gasteiger partial charge in [-0.3, -0.25) is 14.5 Å². The Bertz CT molecular complexity index is 625. The van der Waals surface area contributed by atoms with Crippen molar-refractivity contribution in [1.82, 2.24) is 18.4 Å². The van der Waals surface area contributed by atoms with E-state index in [0.717, 1.165) is 0 Å². The Morgan fingerprint density at radius 3 is 2.56 bits per heavy atom. The van der Waals surface area contributed by atoms with Crippen LogP contribution >= 0.6 is 0 Å². The van der Waals surface area contributed by atoms with Crippen molar-refractivity contribution in [2.45, 2.75) is 31.7 Å². The summed E-state index contributed by atoms with van der Waals surface area (Å²) in [6.07, 6.45) is 1.32. The molecule has 2 fully saturated rings. The Kier molecular flexibility index (Phi) is 6.08. The van der Waals surface area contributed by atoms with Gasteiger partial charge in [0, 0.05) is 51.7 Å². The van der Waals surface area contributed by atoms with Gasteiger partial charge in [0.1, 0.15) is 6.54 Å². The Labute approximate surface area is 149 Å². The van der Waals surface area contributed by atoms with Crippen LogP contribution in [0.3, 0.4) is 0 Å². The first kappa shape index (κ1) is 20.1. The number of carbonyl (C=O) groups is 2. The highest BCUT2D eigenvalue weighted by molar-refractivity contribution is 7.86. The Morgan fingerprint density at radius 1 is 1.28 bits per heavy atom. The van der Waals surface area contributed by atoms with Crippen LogP contribution in [0.4, 0.5) is 0 Å². The molecular weight excluding hydrogens is 348 g/mol. The third-order valence-electron chi connectivity index (χ3n) is 5.46. The Balaban J connectivity index is 2.20. The van der Waals surface area contributed by atoms with Crippen molar-refractivity contribution in [1.29, 1.82) is 0 Å². The maximum Gasteiger partial charge on any atom is 0.323 e. The van der Waals surface area contributed by atoms with Crippen LogP contribution in [0.2, 0.25) is 0 Å². The zero-order valence-electron chi connectivity index (χ0n) is 15.1. The number of hydrogen-bond acceptors (Lipinski definition) is 5. The number of carboxylic acid groups (broad SMARTS) is 1. The lowest BCUT2D eigenvalue weighted by molar-refractivity contribution is -0.144. The molecule has 2 rings (SSSR count). The van der Waals surface area contributed by atoms with Crippen molar-refractivity contribution in [2.75, 3.05) is 53.4 Å². The fourth-order valence-corrected chi connectivity index (χ4v) is 4.98. The van der Waals surface area contributed by atoms with Gasteiger partial charge < -0.3 is 10.0 Å². The second kappa shape index (κ2) is 7.56. The largest absolute Gasteiger partial charge is 0.480 e. The summed E-state index contributed by atoms with van der Waals surface area (Å²) in [5.74, 6) is -1.21. The summed E-state index contributed by atoms with van der Waals surface area (Å²) in [5, 5.41) is 8.97. The molecule has 10 heteroatoms. The minimum absolute atomic E-state index is 0.182. The van der Waals surface area contributed by atoms with Crippen LogP contribution in [-0.4, -0.2) is 103 Å². The third-order valence-corrected chi connectivity index (χ3v) is 7.47. The molecule has 0 radical (unpaired) electrons. The number of hydrogen-bond donors (Lipinski definition) is 1. The number of carbonyl (C=O) groups excluding carboxylic acids is 1. The van der Waals surface area contributed by atoms with Gasteiger partial charge in [0.05, 0.1) is 0 Å². The highest BCUT2D eigenvalue weighted by Crippen LogP contribution is 2.33. The van der Waals surface area contributed by atoms with E-state index in [1.165, 1.54) is 13.5 Å². The fraction of sp³-hybridized carbons (Fsp3) is 0.867. The van der Waals surface area contributed by atoms with Crippen molar-refractivity contribution < 1.29 is 23.1 Å². The predicted molar refractivity (Wildman–Crippen MR) is 92.2 cm³/mol. The third kappa shape index (κ3) is 4.13. The minimum Gasteiger partial charge on any atom is -0.480 e. The lowest BCUT2D eigenvalue weighted by Gasteiger charge is -2.49. The average Bonchev–Trinajstić information content (AvgIpc) is 2.70. The number of aliphatic carboxylic acids is 1. The number of rotatable bonds is 5. The molecule has 2 aliphatic heterocycles.